The maximum Gasteiger partial charge on any atom is 0.0308 e. The summed E-state index contributed by atoms with van der Waals surface area (Å²) in [7, 11) is 0. The van der Waals surface area contributed by atoms with Crippen molar-refractivity contribution in [2.24, 2.45) is 5.92 Å². The molecule has 0 aromatic rings. The number of hydrogen-bond donors (Lipinski definition) is 1. The lowest BCUT2D eigenvalue weighted by Crippen LogP contribution is -2.55. The lowest BCUT2D eigenvalue weighted by atomic mass is 9.91. The molecule has 1 atom stereocenters. The molecule has 0 radical (unpaired) electrons. The monoisotopic (exact) mass is 236 g/mol. The summed E-state index contributed by atoms with van der Waals surface area (Å²) < 4.78 is 0. The van der Waals surface area contributed by atoms with Gasteiger partial charge < -0.3 is 5.32 Å². The first-order valence-electron chi connectivity index (χ1n) is 7.63. The molecule has 0 amide bonds. The van der Waals surface area contributed by atoms with Crippen LogP contribution in [-0.4, -0.2) is 35.6 Å². The third kappa shape index (κ3) is 2.26. The van der Waals surface area contributed by atoms with Gasteiger partial charge in [0.1, 0.15) is 0 Å². The van der Waals surface area contributed by atoms with Gasteiger partial charge in [0.2, 0.25) is 0 Å². The number of nitrogens with one attached hydrogen (secondary N) is 1. The highest BCUT2D eigenvalue weighted by Gasteiger charge is 2.46. The van der Waals surface area contributed by atoms with Gasteiger partial charge in [0.05, 0.1) is 0 Å². The molecule has 0 bridgehead atoms. The minimum Gasteiger partial charge on any atom is -0.310 e. The van der Waals surface area contributed by atoms with Gasteiger partial charge in [-0.05, 0) is 65.0 Å². The highest BCUT2D eigenvalue weighted by atomic mass is 15.2. The Labute approximate surface area is 106 Å². The molecule has 2 aliphatic carbocycles. The normalized spacial score (nSPS) is 39.2. The molecule has 0 spiro atoms. The van der Waals surface area contributed by atoms with Crippen LogP contribution in [0.2, 0.25) is 0 Å². The lowest BCUT2D eigenvalue weighted by molar-refractivity contribution is 0.0819. The van der Waals surface area contributed by atoms with E-state index in [4.69, 9.17) is 0 Å². The van der Waals surface area contributed by atoms with Crippen LogP contribution < -0.4 is 5.32 Å². The van der Waals surface area contributed by atoms with Gasteiger partial charge in [-0.1, -0.05) is 12.8 Å². The summed E-state index contributed by atoms with van der Waals surface area (Å²) in [5.41, 5.74) is 0.921. The molecule has 2 saturated carbocycles. The molecule has 3 aliphatic rings. The highest BCUT2D eigenvalue weighted by Crippen LogP contribution is 2.43. The SMILES string of the molecule is CC1(C2CC2)CN(C2(C)CCCC2)CCCN1. The van der Waals surface area contributed by atoms with Crippen LogP contribution in [0.3, 0.4) is 0 Å². The van der Waals surface area contributed by atoms with Crippen molar-refractivity contribution in [1.29, 1.82) is 0 Å². The van der Waals surface area contributed by atoms with Crippen LogP contribution in [0, 0.1) is 5.92 Å². The molecule has 3 fully saturated rings. The molecule has 2 nitrogen and oxygen atoms in total. The molecule has 2 heteroatoms. The van der Waals surface area contributed by atoms with Crippen molar-refractivity contribution in [2.75, 3.05) is 19.6 Å². The average Bonchev–Trinajstić information content (AvgIpc) is 3.08. The quantitative estimate of drug-likeness (QED) is 0.793. The van der Waals surface area contributed by atoms with E-state index in [2.05, 4.69) is 24.1 Å². The van der Waals surface area contributed by atoms with E-state index in [0.717, 1.165) is 5.92 Å². The van der Waals surface area contributed by atoms with Crippen LogP contribution in [0.15, 0.2) is 0 Å². The number of nitrogens with zero attached hydrogens (tertiary/aromatic N) is 1. The Morgan fingerprint density at radius 2 is 1.76 bits per heavy atom. The maximum atomic E-state index is 3.85. The second-order valence-corrected chi connectivity index (χ2v) is 7.10. The van der Waals surface area contributed by atoms with Crippen molar-refractivity contribution in [2.45, 2.75) is 69.9 Å². The largest absolute Gasteiger partial charge is 0.310 e. The molecule has 98 valence electrons. The average molecular weight is 236 g/mol. The van der Waals surface area contributed by atoms with Crippen molar-refractivity contribution in [3.8, 4) is 0 Å². The Hall–Kier alpha value is -0.0800. The highest BCUT2D eigenvalue weighted by molar-refractivity contribution is 5.04. The predicted octanol–water partition coefficient (Wildman–Crippen LogP) is 2.78. The molecule has 17 heavy (non-hydrogen) atoms. The van der Waals surface area contributed by atoms with Crippen molar-refractivity contribution in [3.63, 3.8) is 0 Å². The first-order chi connectivity index (χ1) is 8.12. The summed E-state index contributed by atoms with van der Waals surface area (Å²) in [5, 5.41) is 3.85. The fourth-order valence-corrected chi connectivity index (χ4v) is 4.08. The maximum absolute atomic E-state index is 3.85. The van der Waals surface area contributed by atoms with Crippen LogP contribution >= 0.6 is 0 Å². The summed E-state index contributed by atoms with van der Waals surface area (Å²) >= 11 is 0. The fourth-order valence-electron chi connectivity index (χ4n) is 4.08. The van der Waals surface area contributed by atoms with Gasteiger partial charge in [0, 0.05) is 17.6 Å². The van der Waals surface area contributed by atoms with Gasteiger partial charge in [0.25, 0.3) is 0 Å². The van der Waals surface area contributed by atoms with Gasteiger partial charge in [-0.25, -0.2) is 0 Å². The molecule has 0 aromatic carbocycles. The molecule has 1 N–H and O–H groups in total. The standard InChI is InChI=1S/C15H28N2/c1-14(8-3-4-9-14)17-11-5-10-16-15(2,12-17)13-6-7-13/h13,16H,3-12H2,1-2H3. The van der Waals surface area contributed by atoms with Crippen LogP contribution in [0.4, 0.5) is 0 Å². The van der Waals surface area contributed by atoms with E-state index in [-0.39, 0.29) is 0 Å². The topological polar surface area (TPSA) is 15.3 Å². The molecule has 0 aromatic heterocycles. The van der Waals surface area contributed by atoms with E-state index in [0.29, 0.717) is 11.1 Å². The minimum absolute atomic E-state index is 0.405. The van der Waals surface area contributed by atoms with Crippen LogP contribution in [0.25, 0.3) is 0 Å². The van der Waals surface area contributed by atoms with E-state index < -0.39 is 0 Å². The van der Waals surface area contributed by atoms with Gasteiger partial charge in [0.15, 0.2) is 0 Å². The first kappa shape index (κ1) is 12.0. The minimum atomic E-state index is 0.405. The van der Waals surface area contributed by atoms with E-state index in [1.165, 1.54) is 64.6 Å². The van der Waals surface area contributed by atoms with Gasteiger partial charge >= 0.3 is 0 Å². The predicted molar refractivity (Wildman–Crippen MR) is 72.2 cm³/mol. The zero-order valence-corrected chi connectivity index (χ0v) is 11.6. The third-order valence-electron chi connectivity index (χ3n) is 5.58. The van der Waals surface area contributed by atoms with E-state index >= 15 is 0 Å². The zero-order chi connectivity index (χ0) is 11.9. The van der Waals surface area contributed by atoms with Crippen molar-refractivity contribution < 1.29 is 0 Å². The van der Waals surface area contributed by atoms with E-state index in [1.807, 2.05) is 0 Å². The second-order valence-electron chi connectivity index (χ2n) is 7.10. The van der Waals surface area contributed by atoms with Crippen molar-refractivity contribution in [1.82, 2.24) is 10.2 Å². The Kier molecular flexibility index (Phi) is 2.99. The third-order valence-corrected chi connectivity index (χ3v) is 5.58. The lowest BCUT2D eigenvalue weighted by Gasteiger charge is -2.43. The fraction of sp³-hybridized carbons (Fsp3) is 1.00. The van der Waals surface area contributed by atoms with E-state index in [9.17, 15) is 0 Å². The summed E-state index contributed by atoms with van der Waals surface area (Å²) in [6.07, 6.45) is 9.97. The van der Waals surface area contributed by atoms with Crippen LogP contribution in [0.1, 0.15) is 58.8 Å². The Bertz CT molecular complexity index is 279. The smallest absolute Gasteiger partial charge is 0.0308 e. The molecular weight excluding hydrogens is 208 g/mol. The van der Waals surface area contributed by atoms with Crippen LogP contribution in [0.5, 0.6) is 0 Å². The zero-order valence-electron chi connectivity index (χ0n) is 11.6. The van der Waals surface area contributed by atoms with Gasteiger partial charge in [-0.2, -0.15) is 0 Å². The number of rotatable bonds is 2. The molecule has 3 rings (SSSR count). The molecule has 1 heterocycles. The van der Waals surface area contributed by atoms with E-state index in [1.54, 1.807) is 0 Å². The molecule has 1 aliphatic heterocycles. The van der Waals surface area contributed by atoms with Crippen molar-refractivity contribution in [3.05, 3.63) is 0 Å². The Morgan fingerprint density at radius 1 is 1.06 bits per heavy atom. The molecule has 1 saturated heterocycles. The summed E-state index contributed by atoms with van der Waals surface area (Å²) in [6, 6.07) is 0. The Morgan fingerprint density at radius 3 is 2.41 bits per heavy atom. The number of hydrogen-bond acceptors (Lipinski definition) is 2. The van der Waals surface area contributed by atoms with Crippen LogP contribution in [-0.2, 0) is 0 Å². The molecular formula is C15H28N2. The second kappa shape index (κ2) is 4.24. The van der Waals surface area contributed by atoms with Crippen molar-refractivity contribution >= 4 is 0 Å². The van der Waals surface area contributed by atoms with Gasteiger partial charge in [-0.15, -0.1) is 0 Å². The summed E-state index contributed by atoms with van der Waals surface area (Å²) in [4.78, 5) is 2.83. The first-order valence-corrected chi connectivity index (χ1v) is 7.63. The van der Waals surface area contributed by atoms with Gasteiger partial charge in [-0.3, -0.25) is 4.90 Å². The summed E-state index contributed by atoms with van der Waals surface area (Å²) in [5.74, 6) is 0.952. The summed E-state index contributed by atoms with van der Waals surface area (Å²) in [6.45, 7) is 8.81. The molecule has 1 unspecified atom stereocenters. The Balaban J connectivity index is 1.75.